The van der Waals surface area contributed by atoms with Crippen molar-refractivity contribution in [3.63, 3.8) is 0 Å². The maximum Gasteiger partial charge on any atom is 0.332 e. The molecule has 0 aliphatic heterocycles. The fraction of sp³-hybridized carbons (Fsp3) is 0.292. The van der Waals surface area contributed by atoms with Crippen molar-refractivity contribution < 1.29 is 9.90 Å². The second kappa shape index (κ2) is 7.91. The van der Waals surface area contributed by atoms with E-state index in [1.54, 1.807) is 24.3 Å². The number of aliphatic carboxylic acids is 1. The molecule has 0 unspecified atom stereocenters. The Morgan fingerprint density at radius 1 is 1.06 bits per heavy atom. The van der Waals surface area contributed by atoms with Crippen LogP contribution in [0.4, 0.5) is 0 Å². The standard InChI is InChI=1S/C24H25N3O4/c1-4-8-20(23(29)30)27-22(28)17-10-5-6-11-18(17)26(24(27)31)14-16-13-25(3)19-12-7-9-15(2)21(16)19/h5-7,9-13,20H,4,8,14H2,1-3H3,(H,29,30)/t20-/m1/s1. The van der Waals surface area contributed by atoms with E-state index in [0.29, 0.717) is 17.3 Å². The molecule has 0 amide bonds. The number of carboxylic acids is 1. The molecule has 0 saturated carbocycles. The molecule has 7 nitrogen and oxygen atoms in total. The van der Waals surface area contributed by atoms with Gasteiger partial charge in [0.05, 0.1) is 17.4 Å². The lowest BCUT2D eigenvalue weighted by Crippen LogP contribution is -2.44. The Bertz CT molecular complexity index is 1420. The summed E-state index contributed by atoms with van der Waals surface area (Å²) in [6.07, 6.45) is 2.73. The zero-order valence-corrected chi connectivity index (χ0v) is 17.8. The van der Waals surface area contributed by atoms with Crippen LogP contribution < -0.4 is 11.2 Å². The van der Waals surface area contributed by atoms with Crippen LogP contribution in [0.25, 0.3) is 21.8 Å². The highest BCUT2D eigenvalue weighted by atomic mass is 16.4. The Morgan fingerprint density at radius 3 is 2.48 bits per heavy atom. The van der Waals surface area contributed by atoms with Crippen LogP contribution in [0.1, 0.15) is 36.9 Å². The monoisotopic (exact) mass is 419 g/mol. The van der Waals surface area contributed by atoms with Gasteiger partial charge in [0.15, 0.2) is 0 Å². The molecule has 160 valence electrons. The number of para-hydroxylation sites is 1. The zero-order valence-electron chi connectivity index (χ0n) is 17.8. The van der Waals surface area contributed by atoms with Crippen LogP contribution >= 0.6 is 0 Å². The van der Waals surface area contributed by atoms with Crippen molar-refractivity contribution in [3.8, 4) is 0 Å². The van der Waals surface area contributed by atoms with Gasteiger partial charge in [0, 0.05) is 24.1 Å². The summed E-state index contributed by atoms with van der Waals surface area (Å²) in [4.78, 5) is 38.6. The molecule has 0 aliphatic rings. The maximum absolute atomic E-state index is 13.5. The van der Waals surface area contributed by atoms with Crippen molar-refractivity contribution in [1.29, 1.82) is 0 Å². The number of nitrogens with zero attached hydrogens (tertiary/aromatic N) is 3. The maximum atomic E-state index is 13.5. The second-order valence-corrected chi connectivity index (χ2v) is 7.94. The van der Waals surface area contributed by atoms with Crippen molar-refractivity contribution in [2.45, 2.75) is 39.3 Å². The molecule has 0 radical (unpaired) electrons. The summed E-state index contributed by atoms with van der Waals surface area (Å²) >= 11 is 0. The van der Waals surface area contributed by atoms with Gasteiger partial charge >= 0.3 is 11.7 Å². The molecule has 0 saturated heterocycles. The van der Waals surface area contributed by atoms with Gasteiger partial charge in [-0.15, -0.1) is 0 Å². The van der Waals surface area contributed by atoms with Gasteiger partial charge in [-0.05, 0) is 42.7 Å². The Hall–Kier alpha value is -3.61. The molecule has 0 aliphatic carbocycles. The summed E-state index contributed by atoms with van der Waals surface area (Å²) in [7, 11) is 1.95. The molecule has 1 atom stereocenters. The van der Waals surface area contributed by atoms with Gasteiger partial charge in [-0.3, -0.25) is 9.36 Å². The summed E-state index contributed by atoms with van der Waals surface area (Å²) in [5.41, 5.74) is 2.42. The third-order valence-corrected chi connectivity index (χ3v) is 5.87. The predicted molar refractivity (Wildman–Crippen MR) is 121 cm³/mol. The molecule has 2 heterocycles. The molecule has 0 spiro atoms. The van der Waals surface area contributed by atoms with Crippen molar-refractivity contribution in [2.75, 3.05) is 0 Å². The lowest BCUT2D eigenvalue weighted by Gasteiger charge is -2.18. The Labute approximate surface area is 178 Å². The van der Waals surface area contributed by atoms with E-state index in [1.165, 1.54) is 4.57 Å². The Balaban J connectivity index is 2.02. The van der Waals surface area contributed by atoms with Gasteiger partial charge in [0.2, 0.25) is 0 Å². The lowest BCUT2D eigenvalue weighted by atomic mass is 10.1. The zero-order chi connectivity index (χ0) is 22.3. The number of aromatic nitrogens is 3. The van der Waals surface area contributed by atoms with E-state index in [-0.39, 0.29) is 13.0 Å². The third kappa shape index (κ3) is 3.36. The minimum atomic E-state index is -1.20. The Kier molecular flexibility index (Phi) is 5.27. The molecule has 7 heteroatoms. The van der Waals surface area contributed by atoms with Crippen LogP contribution in [0, 0.1) is 6.92 Å². The van der Waals surface area contributed by atoms with Gasteiger partial charge < -0.3 is 9.67 Å². The first kappa shape index (κ1) is 20.7. The second-order valence-electron chi connectivity index (χ2n) is 7.94. The number of carbonyl (C=O) groups is 1. The summed E-state index contributed by atoms with van der Waals surface area (Å²) in [5, 5.41) is 11.1. The van der Waals surface area contributed by atoms with E-state index in [1.807, 2.05) is 49.9 Å². The van der Waals surface area contributed by atoms with Crippen molar-refractivity contribution in [2.24, 2.45) is 7.05 Å². The number of hydrogen-bond donors (Lipinski definition) is 1. The first-order valence-corrected chi connectivity index (χ1v) is 10.4. The van der Waals surface area contributed by atoms with Gasteiger partial charge in [-0.1, -0.05) is 37.6 Å². The predicted octanol–water partition coefficient (Wildman–Crippen LogP) is 3.44. The molecule has 1 N–H and O–H groups in total. The number of carboxylic acid groups (broad SMARTS) is 1. The summed E-state index contributed by atoms with van der Waals surface area (Å²) < 4.78 is 4.44. The Morgan fingerprint density at radius 2 is 1.77 bits per heavy atom. The third-order valence-electron chi connectivity index (χ3n) is 5.87. The highest BCUT2D eigenvalue weighted by molar-refractivity contribution is 5.87. The average Bonchev–Trinajstić information content (AvgIpc) is 3.07. The number of rotatable bonds is 6. The highest BCUT2D eigenvalue weighted by Crippen LogP contribution is 2.25. The van der Waals surface area contributed by atoms with Gasteiger partial charge in [0.1, 0.15) is 6.04 Å². The summed E-state index contributed by atoms with van der Waals surface area (Å²) in [6.45, 7) is 4.09. The van der Waals surface area contributed by atoms with Crippen molar-refractivity contribution in [1.82, 2.24) is 13.7 Å². The first-order chi connectivity index (χ1) is 14.8. The van der Waals surface area contributed by atoms with E-state index in [2.05, 4.69) is 0 Å². The topological polar surface area (TPSA) is 86.2 Å². The van der Waals surface area contributed by atoms with Crippen LogP contribution in [0.2, 0.25) is 0 Å². The van der Waals surface area contributed by atoms with E-state index < -0.39 is 23.3 Å². The van der Waals surface area contributed by atoms with Gasteiger partial charge in [-0.25, -0.2) is 14.2 Å². The quantitative estimate of drug-likeness (QED) is 0.519. The van der Waals surface area contributed by atoms with E-state index in [0.717, 1.165) is 26.6 Å². The molecular formula is C24H25N3O4. The van der Waals surface area contributed by atoms with Gasteiger partial charge in [0.25, 0.3) is 5.56 Å². The minimum absolute atomic E-state index is 0.205. The SMILES string of the molecule is CCC[C@H](C(=O)O)n1c(=O)c2ccccc2n(Cc2cn(C)c3cccc(C)c23)c1=O. The molecule has 0 bridgehead atoms. The number of aryl methyl sites for hydroxylation is 2. The molecule has 0 fully saturated rings. The first-order valence-electron chi connectivity index (χ1n) is 10.4. The number of fused-ring (bicyclic) bond motifs is 2. The van der Waals surface area contributed by atoms with Crippen LogP contribution in [0.5, 0.6) is 0 Å². The summed E-state index contributed by atoms with van der Waals surface area (Å²) in [5.74, 6) is -1.18. The van der Waals surface area contributed by atoms with Crippen molar-refractivity contribution in [3.05, 3.63) is 80.6 Å². The van der Waals surface area contributed by atoms with Gasteiger partial charge in [-0.2, -0.15) is 0 Å². The highest BCUT2D eigenvalue weighted by Gasteiger charge is 2.25. The fourth-order valence-electron chi connectivity index (χ4n) is 4.43. The van der Waals surface area contributed by atoms with E-state index in [9.17, 15) is 19.5 Å². The lowest BCUT2D eigenvalue weighted by molar-refractivity contribution is -0.141. The fourth-order valence-corrected chi connectivity index (χ4v) is 4.43. The number of benzene rings is 2. The minimum Gasteiger partial charge on any atom is -0.480 e. The molecular weight excluding hydrogens is 394 g/mol. The molecule has 4 aromatic rings. The van der Waals surface area contributed by atoms with Crippen LogP contribution in [-0.4, -0.2) is 24.8 Å². The van der Waals surface area contributed by atoms with E-state index >= 15 is 0 Å². The van der Waals surface area contributed by atoms with Crippen LogP contribution in [-0.2, 0) is 18.4 Å². The molecule has 31 heavy (non-hydrogen) atoms. The molecule has 2 aromatic carbocycles. The normalized spacial score (nSPS) is 12.5. The smallest absolute Gasteiger partial charge is 0.332 e. The van der Waals surface area contributed by atoms with Crippen LogP contribution in [0.15, 0.2) is 58.3 Å². The van der Waals surface area contributed by atoms with Crippen LogP contribution in [0.3, 0.4) is 0 Å². The molecule has 2 aromatic heterocycles. The average molecular weight is 419 g/mol. The summed E-state index contributed by atoms with van der Waals surface area (Å²) in [6, 6.07) is 11.7. The van der Waals surface area contributed by atoms with Crippen molar-refractivity contribution >= 4 is 27.8 Å². The largest absolute Gasteiger partial charge is 0.480 e. The van der Waals surface area contributed by atoms with E-state index in [4.69, 9.17) is 0 Å². The molecule has 4 rings (SSSR count). The number of hydrogen-bond acceptors (Lipinski definition) is 3.